The van der Waals surface area contributed by atoms with Crippen molar-refractivity contribution in [1.82, 2.24) is 9.97 Å². The molecule has 0 bridgehead atoms. The van der Waals surface area contributed by atoms with E-state index in [1.165, 1.54) is 6.20 Å². The van der Waals surface area contributed by atoms with Crippen LogP contribution in [0.2, 0.25) is 5.15 Å². The molecule has 1 aromatic rings. The summed E-state index contributed by atoms with van der Waals surface area (Å²) < 4.78 is 0. The number of halogens is 2. The van der Waals surface area contributed by atoms with Crippen molar-refractivity contribution in [3.63, 3.8) is 0 Å². The van der Waals surface area contributed by atoms with Gasteiger partial charge in [0.25, 0.3) is 0 Å². The standard InChI is InChI=1S/C7H7BrClN3/c8-3-1-2-5-7(10)11-4-6(9)12-5/h1-2,4H,3H2,(H2,10,11). The van der Waals surface area contributed by atoms with Crippen molar-refractivity contribution in [2.45, 2.75) is 0 Å². The molecule has 0 saturated heterocycles. The molecular weight excluding hydrogens is 241 g/mol. The zero-order valence-corrected chi connectivity index (χ0v) is 8.51. The molecule has 0 saturated carbocycles. The fourth-order valence-corrected chi connectivity index (χ4v) is 0.996. The van der Waals surface area contributed by atoms with Gasteiger partial charge in [-0.1, -0.05) is 33.6 Å². The van der Waals surface area contributed by atoms with Gasteiger partial charge in [-0.2, -0.15) is 0 Å². The maximum absolute atomic E-state index is 5.62. The number of hydrogen-bond acceptors (Lipinski definition) is 3. The summed E-state index contributed by atoms with van der Waals surface area (Å²) in [6.07, 6.45) is 5.06. The Hall–Kier alpha value is -0.610. The summed E-state index contributed by atoms with van der Waals surface area (Å²) >= 11 is 8.86. The second-order valence-corrected chi connectivity index (χ2v) is 3.05. The number of hydrogen-bond donors (Lipinski definition) is 1. The molecule has 64 valence electrons. The molecule has 1 aromatic heterocycles. The fourth-order valence-electron chi connectivity index (χ4n) is 0.669. The average Bonchev–Trinajstić information content (AvgIpc) is 2.07. The van der Waals surface area contributed by atoms with Crippen LogP contribution in [0.25, 0.3) is 6.08 Å². The van der Waals surface area contributed by atoms with Crippen LogP contribution in [0.3, 0.4) is 0 Å². The molecule has 0 aromatic carbocycles. The van der Waals surface area contributed by atoms with E-state index in [0.717, 1.165) is 5.33 Å². The highest BCUT2D eigenvalue weighted by molar-refractivity contribution is 9.09. The Morgan fingerprint density at radius 3 is 3.08 bits per heavy atom. The van der Waals surface area contributed by atoms with Crippen molar-refractivity contribution in [3.05, 3.63) is 23.1 Å². The summed E-state index contributed by atoms with van der Waals surface area (Å²) in [4.78, 5) is 7.83. The predicted molar refractivity (Wildman–Crippen MR) is 54.3 cm³/mol. The largest absolute Gasteiger partial charge is 0.382 e. The van der Waals surface area contributed by atoms with Gasteiger partial charge in [0.05, 0.1) is 6.20 Å². The van der Waals surface area contributed by atoms with Gasteiger partial charge in [-0.05, 0) is 6.08 Å². The minimum absolute atomic E-state index is 0.346. The molecule has 0 fully saturated rings. The predicted octanol–water partition coefficient (Wildman–Crippen LogP) is 2.12. The summed E-state index contributed by atoms with van der Waals surface area (Å²) in [5.74, 6) is 0.386. The van der Waals surface area contributed by atoms with E-state index in [1.54, 1.807) is 6.08 Å². The lowest BCUT2D eigenvalue weighted by Crippen LogP contribution is -1.96. The normalized spacial score (nSPS) is 10.8. The monoisotopic (exact) mass is 247 g/mol. The Morgan fingerprint density at radius 1 is 1.67 bits per heavy atom. The Bertz CT molecular complexity index is 301. The summed E-state index contributed by atoms with van der Waals surface area (Å²) in [5, 5.41) is 1.10. The molecule has 0 amide bonds. The van der Waals surface area contributed by atoms with E-state index in [-0.39, 0.29) is 0 Å². The van der Waals surface area contributed by atoms with Gasteiger partial charge in [-0.25, -0.2) is 9.97 Å². The molecule has 0 atom stereocenters. The van der Waals surface area contributed by atoms with Crippen LogP contribution in [-0.2, 0) is 0 Å². The molecule has 12 heavy (non-hydrogen) atoms. The second kappa shape index (κ2) is 4.42. The van der Waals surface area contributed by atoms with Crippen LogP contribution in [0, 0.1) is 0 Å². The minimum Gasteiger partial charge on any atom is -0.382 e. The molecule has 0 unspecified atom stereocenters. The number of alkyl halides is 1. The maximum Gasteiger partial charge on any atom is 0.149 e. The third-order valence-corrected chi connectivity index (χ3v) is 1.72. The van der Waals surface area contributed by atoms with Crippen molar-refractivity contribution in [1.29, 1.82) is 0 Å². The van der Waals surface area contributed by atoms with E-state index in [1.807, 2.05) is 6.08 Å². The van der Waals surface area contributed by atoms with Gasteiger partial charge >= 0.3 is 0 Å². The number of anilines is 1. The van der Waals surface area contributed by atoms with E-state index < -0.39 is 0 Å². The van der Waals surface area contributed by atoms with E-state index in [0.29, 0.717) is 16.7 Å². The van der Waals surface area contributed by atoms with E-state index >= 15 is 0 Å². The van der Waals surface area contributed by atoms with Gasteiger partial charge in [-0.3, -0.25) is 0 Å². The van der Waals surface area contributed by atoms with Gasteiger partial charge in [-0.15, -0.1) is 0 Å². The number of nitrogens with two attached hydrogens (primary N) is 1. The average molecular weight is 249 g/mol. The second-order valence-electron chi connectivity index (χ2n) is 2.02. The van der Waals surface area contributed by atoms with Gasteiger partial charge < -0.3 is 5.73 Å². The maximum atomic E-state index is 5.62. The van der Waals surface area contributed by atoms with Gasteiger partial charge in [0, 0.05) is 5.33 Å². The Kier molecular flexibility index (Phi) is 3.49. The third kappa shape index (κ3) is 2.46. The lowest BCUT2D eigenvalue weighted by Gasteiger charge is -1.97. The van der Waals surface area contributed by atoms with Crippen molar-refractivity contribution in [2.75, 3.05) is 11.1 Å². The third-order valence-electron chi connectivity index (χ3n) is 1.16. The lowest BCUT2D eigenvalue weighted by molar-refractivity contribution is 1.19. The van der Waals surface area contributed by atoms with E-state index in [4.69, 9.17) is 17.3 Å². The summed E-state index contributed by atoms with van der Waals surface area (Å²) in [7, 11) is 0. The molecule has 0 aliphatic heterocycles. The number of allylic oxidation sites excluding steroid dienone is 1. The first-order valence-corrected chi connectivity index (χ1v) is 4.74. The molecule has 1 heterocycles. The number of rotatable bonds is 2. The molecule has 0 radical (unpaired) electrons. The van der Waals surface area contributed by atoms with Crippen LogP contribution in [0.1, 0.15) is 5.69 Å². The Morgan fingerprint density at radius 2 is 2.42 bits per heavy atom. The minimum atomic E-state index is 0.346. The topological polar surface area (TPSA) is 51.8 Å². The van der Waals surface area contributed by atoms with Crippen molar-refractivity contribution in [2.24, 2.45) is 0 Å². The van der Waals surface area contributed by atoms with E-state index in [9.17, 15) is 0 Å². The van der Waals surface area contributed by atoms with Gasteiger partial charge in [0.1, 0.15) is 16.7 Å². The molecular formula is C7H7BrClN3. The van der Waals surface area contributed by atoms with E-state index in [2.05, 4.69) is 25.9 Å². The van der Waals surface area contributed by atoms with Crippen LogP contribution in [0.15, 0.2) is 12.3 Å². The van der Waals surface area contributed by atoms with Gasteiger partial charge in [0.2, 0.25) is 0 Å². The highest BCUT2D eigenvalue weighted by Crippen LogP contribution is 2.11. The molecule has 1 rings (SSSR count). The molecule has 0 aliphatic carbocycles. The van der Waals surface area contributed by atoms with Crippen LogP contribution in [-0.4, -0.2) is 15.3 Å². The van der Waals surface area contributed by atoms with Gasteiger partial charge in [0.15, 0.2) is 0 Å². The number of aromatic nitrogens is 2. The molecule has 2 N–H and O–H groups in total. The van der Waals surface area contributed by atoms with Crippen LogP contribution in [0.4, 0.5) is 5.82 Å². The Balaban J connectivity index is 2.97. The van der Waals surface area contributed by atoms with Crippen LogP contribution < -0.4 is 5.73 Å². The van der Waals surface area contributed by atoms with Crippen LogP contribution in [0.5, 0.6) is 0 Å². The quantitative estimate of drug-likeness (QED) is 0.816. The van der Waals surface area contributed by atoms with Crippen molar-refractivity contribution >= 4 is 39.4 Å². The first kappa shape index (κ1) is 9.48. The summed E-state index contributed by atoms with van der Waals surface area (Å²) in [6, 6.07) is 0. The molecule has 5 heteroatoms. The Labute approximate surface area is 83.8 Å². The molecule has 0 spiro atoms. The fraction of sp³-hybridized carbons (Fsp3) is 0.143. The van der Waals surface area contributed by atoms with Crippen LogP contribution >= 0.6 is 27.5 Å². The smallest absolute Gasteiger partial charge is 0.149 e. The SMILES string of the molecule is Nc1ncc(Cl)nc1C=CCBr. The first-order valence-electron chi connectivity index (χ1n) is 3.24. The number of nitrogens with zero attached hydrogens (tertiary/aromatic N) is 2. The molecule has 0 aliphatic rings. The zero-order valence-electron chi connectivity index (χ0n) is 6.17. The summed E-state index contributed by atoms with van der Waals surface area (Å²) in [5.41, 5.74) is 6.13. The highest BCUT2D eigenvalue weighted by Gasteiger charge is 1.98. The lowest BCUT2D eigenvalue weighted by atomic mass is 10.4. The summed E-state index contributed by atoms with van der Waals surface area (Å²) in [6.45, 7) is 0. The zero-order chi connectivity index (χ0) is 8.97. The molecule has 3 nitrogen and oxygen atoms in total. The first-order chi connectivity index (χ1) is 5.74. The number of nitrogen functional groups attached to an aromatic ring is 1. The van der Waals surface area contributed by atoms with Crippen molar-refractivity contribution < 1.29 is 0 Å². The van der Waals surface area contributed by atoms with Crippen molar-refractivity contribution in [3.8, 4) is 0 Å². The highest BCUT2D eigenvalue weighted by atomic mass is 79.9.